The minimum absolute atomic E-state index is 0.00826. The maximum absolute atomic E-state index is 12.0. The van der Waals surface area contributed by atoms with Crippen molar-refractivity contribution < 1.29 is 28.1 Å². The number of aliphatic hydroxyl groups excluding tert-OH is 1. The van der Waals surface area contributed by atoms with Gasteiger partial charge in [-0.05, 0) is 0 Å². The Balaban J connectivity index is 3.23. The summed E-state index contributed by atoms with van der Waals surface area (Å²) in [4.78, 5) is 3.58. The third-order valence-corrected chi connectivity index (χ3v) is 2.26. The van der Waals surface area contributed by atoms with E-state index in [-0.39, 0.29) is 16.6 Å². The molecule has 16 heavy (non-hydrogen) atoms. The first-order valence-corrected chi connectivity index (χ1v) is 5.13. The summed E-state index contributed by atoms with van der Waals surface area (Å²) in [6.07, 6.45) is -4.12. The molecule has 0 aliphatic rings. The largest absolute Gasteiger partial charge is 0.573 e. The van der Waals surface area contributed by atoms with E-state index < -0.39 is 24.5 Å². The van der Waals surface area contributed by atoms with Crippen LogP contribution in [0, 0.1) is 0 Å². The highest BCUT2D eigenvalue weighted by Gasteiger charge is 2.34. The van der Waals surface area contributed by atoms with Gasteiger partial charge in [0, 0.05) is 10.9 Å². The van der Waals surface area contributed by atoms with Crippen molar-refractivity contribution in [3.05, 3.63) is 17.5 Å². The fraction of sp³-hybridized carbons (Fsp3) is 0.375. The number of hydrogen-bond acceptors (Lipinski definition) is 4. The molecule has 0 aliphatic carbocycles. The number of aromatic nitrogens is 1. The monoisotopic (exact) mass is 301 g/mol. The molecule has 0 bridgehead atoms. The molecule has 1 aromatic rings. The van der Waals surface area contributed by atoms with Crippen LogP contribution in [0.3, 0.4) is 0 Å². The summed E-state index contributed by atoms with van der Waals surface area (Å²) in [5.41, 5.74) is -0.0336. The van der Waals surface area contributed by atoms with Crippen molar-refractivity contribution in [3.63, 3.8) is 0 Å². The van der Waals surface area contributed by atoms with E-state index >= 15 is 0 Å². The first-order chi connectivity index (χ1) is 7.39. The number of aliphatic hydroxyl groups is 1. The lowest BCUT2D eigenvalue weighted by Crippen LogP contribution is -2.19. The molecule has 0 fully saturated rings. The Morgan fingerprint density at radius 2 is 2.06 bits per heavy atom. The van der Waals surface area contributed by atoms with Crippen molar-refractivity contribution in [1.29, 1.82) is 0 Å². The Hall–Kier alpha value is -1.02. The first-order valence-electron chi connectivity index (χ1n) is 4.01. The molecule has 1 rings (SSSR count). The van der Waals surface area contributed by atoms with Crippen LogP contribution in [-0.4, -0.2) is 21.6 Å². The van der Waals surface area contributed by atoms with Gasteiger partial charge in [0.05, 0.1) is 18.5 Å². The van der Waals surface area contributed by atoms with Gasteiger partial charge in [0.1, 0.15) is 0 Å². The number of aromatic hydroxyl groups is 1. The van der Waals surface area contributed by atoms with Gasteiger partial charge in [-0.2, -0.15) is 0 Å². The fourth-order valence-electron chi connectivity index (χ4n) is 1.06. The zero-order chi connectivity index (χ0) is 12.3. The molecular weight excluding hydrogens is 295 g/mol. The summed E-state index contributed by atoms with van der Waals surface area (Å²) < 4.78 is 39.8. The maximum Gasteiger partial charge on any atom is 0.573 e. The zero-order valence-corrected chi connectivity index (χ0v) is 9.34. The number of hydrogen-bond donors (Lipinski definition) is 2. The smallest absolute Gasteiger partial charge is 0.503 e. The first kappa shape index (κ1) is 13.0. The molecular formula is C8H7BrF3NO3. The predicted molar refractivity (Wildman–Crippen MR) is 51.1 cm³/mol. The summed E-state index contributed by atoms with van der Waals surface area (Å²) in [7, 11) is 0. The molecule has 0 aromatic carbocycles. The molecule has 2 N–H and O–H groups in total. The molecule has 0 saturated heterocycles. The van der Waals surface area contributed by atoms with Crippen LogP contribution in [0.2, 0.25) is 0 Å². The Labute approximate surface area is 96.8 Å². The van der Waals surface area contributed by atoms with Crippen molar-refractivity contribution in [2.45, 2.75) is 18.3 Å². The van der Waals surface area contributed by atoms with Gasteiger partial charge in [-0.15, -0.1) is 13.2 Å². The van der Waals surface area contributed by atoms with Gasteiger partial charge in [-0.1, -0.05) is 15.9 Å². The molecule has 0 radical (unpaired) electrons. The van der Waals surface area contributed by atoms with Crippen molar-refractivity contribution in [2.75, 3.05) is 0 Å². The van der Waals surface area contributed by atoms with Gasteiger partial charge in [0.15, 0.2) is 11.5 Å². The number of halogens is 4. The molecule has 1 aromatic heterocycles. The third kappa shape index (κ3) is 2.99. The summed E-state index contributed by atoms with van der Waals surface area (Å²) in [5.74, 6) is -1.48. The molecule has 1 heterocycles. The molecule has 0 spiro atoms. The summed E-state index contributed by atoms with van der Waals surface area (Å²) >= 11 is 2.93. The minimum Gasteiger partial charge on any atom is -0.503 e. The summed E-state index contributed by atoms with van der Waals surface area (Å²) in [5, 5.41) is 18.0. The second-order valence-corrected chi connectivity index (χ2v) is 3.30. The van der Waals surface area contributed by atoms with E-state index in [9.17, 15) is 18.3 Å². The quantitative estimate of drug-likeness (QED) is 0.839. The molecule has 0 aliphatic heterocycles. The van der Waals surface area contributed by atoms with Crippen molar-refractivity contribution in [2.24, 2.45) is 0 Å². The van der Waals surface area contributed by atoms with Crippen LogP contribution >= 0.6 is 15.9 Å². The standard InChI is InChI=1S/C8H7BrF3NO3/c9-1-4-5(3-14)13-2-6(15)7(4)16-8(10,11)12/h2,14-15H,1,3H2. The van der Waals surface area contributed by atoms with Gasteiger partial charge >= 0.3 is 6.36 Å². The molecule has 8 heteroatoms. The van der Waals surface area contributed by atoms with Gasteiger partial charge in [-0.3, -0.25) is 4.98 Å². The van der Waals surface area contributed by atoms with Gasteiger partial charge in [-0.25, -0.2) is 0 Å². The average Bonchev–Trinajstić information content (AvgIpc) is 2.19. The van der Waals surface area contributed by atoms with Crippen LogP contribution < -0.4 is 4.74 Å². The summed E-state index contributed by atoms with van der Waals surface area (Å²) in [6, 6.07) is 0. The highest BCUT2D eigenvalue weighted by atomic mass is 79.9. The Morgan fingerprint density at radius 3 is 2.50 bits per heavy atom. The lowest BCUT2D eigenvalue weighted by molar-refractivity contribution is -0.275. The van der Waals surface area contributed by atoms with Crippen LogP contribution in [0.1, 0.15) is 11.3 Å². The van der Waals surface area contributed by atoms with E-state index in [1.54, 1.807) is 0 Å². The second-order valence-electron chi connectivity index (χ2n) is 2.74. The van der Waals surface area contributed by atoms with Crippen LogP contribution in [-0.2, 0) is 11.9 Å². The van der Waals surface area contributed by atoms with E-state index in [0.29, 0.717) is 0 Å². The van der Waals surface area contributed by atoms with E-state index in [2.05, 4.69) is 25.7 Å². The molecule has 0 atom stereocenters. The molecule has 4 nitrogen and oxygen atoms in total. The third-order valence-electron chi connectivity index (χ3n) is 1.70. The topological polar surface area (TPSA) is 62.6 Å². The van der Waals surface area contributed by atoms with Gasteiger partial charge in [0.25, 0.3) is 0 Å². The number of pyridine rings is 1. The van der Waals surface area contributed by atoms with E-state index in [1.165, 1.54) is 0 Å². The summed E-state index contributed by atoms with van der Waals surface area (Å²) in [6.45, 7) is -0.546. The molecule has 0 amide bonds. The highest BCUT2D eigenvalue weighted by Crippen LogP contribution is 2.36. The van der Waals surface area contributed by atoms with Crippen LogP contribution in [0.25, 0.3) is 0 Å². The number of rotatable bonds is 3. The fourth-order valence-corrected chi connectivity index (χ4v) is 1.64. The minimum atomic E-state index is -4.91. The van der Waals surface area contributed by atoms with Crippen LogP contribution in [0.15, 0.2) is 6.20 Å². The molecule has 0 saturated carbocycles. The normalized spacial score (nSPS) is 11.6. The Bertz CT molecular complexity index is 384. The second kappa shape index (κ2) is 4.88. The van der Waals surface area contributed by atoms with Gasteiger partial charge in [0.2, 0.25) is 0 Å². The van der Waals surface area contributed by atoms with E-state index in [0.717, 1.165) is 6.20 Å². The highest BCUT2D eigenvalue weighted by molar-refractivity contribution is 9.08. The van der Waals surface area contributed by atoms with Crippen molar-refractivity contribution in [1.82, 2.24) is 4.98 Å². The lowest BCUT2D eigenvalue weighted by atomic mass is 10.2. The Kier molecular flexibility index (Phi) is 3.98. The van der Waals surface area contributed by atoms with Crippen molar-refractivity contribution in [3.8, 4) is 11.5 Å². The zero-order valence-electron chi connectivity index (χ0n) is 7.75. The lowest BCUT2D eigenvalue weighted by Gasteiger charge is -2.15. The number of nitrogens with zero attached hydrogens (tertiary/aromatic N) is 1. The van der Waals surface area contributed by atoms with Crippen LogP contribution in [0.4, 0.5) is 13.2 Å². The van der Waals surface area contributed by atoms with Crippen molar-refractivity contribution >= 4 is 15.9 Å². The predicted octanol–water partition coefficient (Wildman–Crippen LogP) is 2.07. The van der Waals surface area contributed by atoms with Crippen LogP contribution in [0.5, 0.6) is 11.5 Å². The molecule has 90 valence electrons. The van der Waals surface area contributed by atoms with Gasteiger partial charge < -0.3 is 14.9 Å². The van der Waals surface area contributed by atoms with E-state index in [4.69, 9.17) is 5.11 Å². The molecule has 0 unspecified atom stereocenters. The Morgan fingerprint density at radius 1 is 1.44 bits per heavy atom. The number of alkyl halides is 4. The average molecular weight is 302 g/mol. The number of ether oxygens (including phenoxy) is 1. The maximum atomic E-state index is 12.0. The SMILES string of the molecule is OCc1ncc(O)c(OC(F)(F)F)c1CBr. The van der Waals surface area contributed by atoms with E-state index in [1.807, 2.05) is 0 Å².